The third-order valence-electron chi connectivity index (χ3n) is 3.49. The van der Waals surface area contributed by atoms with Gasteiger partial charge in [0.15, 0.2) is 0 Å². The minimum absolute atomic E-state index is 0.0251. The van der Waals surface area contributed by atoms with E-state index in [1.807, 2.05) is 6.92 Å². The SMILES string of the molecule is CCN(CC)CCCN(CC)S(=O)(=O)c1ccc(CCl)o1. The van der Waals surface area contributed by atoms with E-state index in [0.29, 0.717) is 18.8 Å². The molecular weight excluding hydrogens is 312 g/mol. The van der Waals surface area contributed by atoms with Gasteiger partial charge in [-0.15, -0.1) is 11.6 Å². The zero-order valence-electron chi connectivity index (χ0n) is 13.0. The maximum atomic E-state index is 12.5. The Morgan fingerprint density at radius 3 is 2.24 bits per heavy atom. The van der Waals surface area contributed by atoms with Crippen molar-refractivity contribution in [3.63, 3.8) is 0 Å². The molecule has 1 aromatic rings. The first kappa shape index (κ1) is 18.5. The highest BCUT2D eigenvalue weighted by Gasteiger charge is 2.26. The van der Waals surface area contributed by atoms with Gasteiger partial charge in [-0.2, -0.15) is 4.31 Å². The van der Waals surface area contributed by atoms with Crippen LogP contribution in [0.4, 0.5) is 0 Å². The van der Waals surface area contributed by atoms with Crippen LogP contribution in [-0.2, 0) is 15.9 Å². The van der Waals surface area contributed by atoms with E-state index in [9.17, 15) is 8.42 Å². The Morgan fingerprint density at radius 1 is 1.10 bits per heavy atom. The second-order valence-corrected chi connectivity index (χ2v) is 6.87. The lowest BCUT2D eigenvalue weighted by molar-refractivity contribution is 0.283. The van der Waals surface area contributed by atoms with Gasteiger partial charge in [0.05, 0.1) is 5.88 Å². The van der Waals surface area contributed by atoms with Crippen molar-refractivity contribution < 1.29 is 12.8 Å². The number of hydrogen-bond acceptors (Lipinski definition) is 4. The molecule has 21 heavy (non-hydrogen) atoms. The molecular formula is C14H25ClN2O3S. The molecule has 0 N–H and O–H groups in total. The second-order valence-electron chi connectivity index (χ2n) is 4.73. The average molecular weight is 337 g/mol. The molecule has 0 bridgehead atoms. The summed E-state index contributed by atoms with van der Waals surface area (Å²) in [4.78, 5) is 2.28. The summed E-state index contributed by atoms with van der Waals surface area (Å²) >= 11 is 5.65. The van der Waals surface area contributed by atoms with E-state index in [-0.39, 0.29) is 11.0 Å². The Labute approximate surface area is 132 Å². The summed E-state index contributed by atoms with van der Waals surface area (Å²) in [5, 5.41) is -0.0251. The van der Waals surface area contributed by atoms with Crippen LogP contribution in [0.3, 0.4) is 0 Å². The van der Waals surface area contributed by atoms with Crippen molar-refractivity contribution in [3.8, 4) is 0 Å². The van der Waals surface area contributed by atoms with Gasteiger partial charge in [-0.05, 0) is 38.2 Å². The molecule has 7 heteroatoms. The number of hydrogen-bond donors (Lipinski definition) is 0. The van der Waals surface area contributed by atoms with Crippen LogP contribution in [-0.4, -0.2) is 50.3 Å². The summed E-state index contributed by atoms with van der Waals surface area (Å²) in [6.45, 7) is 9.82. The van der Waals surface area contributed by atoms with Crippen molar-refractivity contribution in [1.82, 2.24) is 9.21 Å². The Hall–Kier alpha value is -0.560. The van der Waals surface area contributed by atoms with Crippen molar-refractivity contribution >= 4 is 21.6 Å². The standard InChI is InChI=1S/C14H25ClN2O3S/c1-4-16(5-2)10-7-11-17(6-3)21(18,19)14-9-8-13(12-15)20-14/h8-9H,4-7,10-12H2,1-3H3. The normalized spacial score (nSPS) is 12.5. The van der Waals surface area contributed by atoms with E-state index in [1.165, 1.54) is 10.4 Å². The zero-order valence-corrected chi connectivity index (χ0v) is 14.6. The predicted octanol–water partition coefficient (Wildman–Crippen LogP) is 2.76. The molecule has 0 aliphatic heterocycles. The van der Waals surface area contributed by atoms with Crippen molar-refractivity contribution in [1.29, 1.82) is 0 Å². The molecule has 0 saturated heterocycles. The van der Waals surface area contributed by atoms with Gasteiger partial charge in [-0.3, -0.25) is 0 Å². The first-order valence-electron chi connectivity index (χ1n) is 7.36. The highest BCUT2D eigenvalue weighted by atomic mass is 35.5. The van der Waals surface area contributed by atoms with Gasteiger partial charge < -0.3 is 9.32 Å². The van der Waals surface area contributed by atoms with Crippen LogP contribution in [0, 0.1) is 0 Å². The van der Waals surface area contributed by atoms with E-state index >= 15 is 0 Å². The molecule has 0 fully saturated rings. The van der Waals surface area contributed by atoms with Gasteiger partial charge in [0.2, 0.25) is 5.09 Å². The number of halogens is 1. The van der Waals surface area contributed by atoms with Crippen LogP contribution in [0.2, 0.25) is 0 Å². The van der Waals surface area contributed by atoms with Crippen molar-refractivity contribution in [2.75, 3.05) is 32.7 Å². The van der Waals surface area contributed by atoms with E-state index in [2.05, 4.69) is 18.7 Å². The number of rotatable bonds is 10. The first-order chi connectivity index (χ1) is 9.99. The summed E-state index contributed by atoms with van der Waals surface area (Å²) < 4.78 is 31.7. The second kappa shape index (κ2) is 8.78. The molecule has 0 radical (unpaired) electrons. The molecule has 1 rings (SSSR count). The predicted molar refractivity (Wildman–Crippen MR) is 85.1 cm³/mol. The Balaban J connectivity index is 2.69. The van der Waals surface area contributed by atoms with Crippen LogP contribution >= 0.6 is 11.6 Å². The summed E-state index contributed by atoms with van der Waals surface area (Å²) in [6, 6.07) is 3.07. The Morgan fingerprint density at radius 2 is 1.76 bits per heavy atom. The Bertz CT molecular complexity index is 512. The van der Waals surface area contributed by atoms with E-state index < -0.39 is 10.0 Å². The fourth-order valence-electron chi connectivity index (χ4n) is 2.15. The molecule has 0 unspecified atom stereocenters. The average Bonchev–Trinajstić information content (AvgIpc) is 2.97. The topological polar surface area (TPSA) is 53.8 Å². The van der Waals surface area contributed by atoms with E-state index in [1.54, 1.807) is 6.07 Å². The van der Waals surface area contributed by atoms with Crippen LogP contribution in [0.25, 0.3) is 0 Å². The number of sulfonamides is 1. The molecule has 0 spiro atoms. The van der Waals surface area contributed by atoms with Crippen LogP contribution in [0.15, 0.2) is 21.6 Å². The van der Waals surface area contributed by atoms with Gasteiger partial charge in [-0.25, -0.2) is 8.42 Å². The summed E-state index contributed by atoms with van der Waals surface area (Å²) in [5.41, 5.74) is 0. The molecule has 0 aliphatic rings. The number of furan rings is 1. The maximum absolute atomic E-state index is 12.5. The minimum Gasteiger partial charge on any atom is -0.447 e. The highest BCUT2D eigenvalue weighted by molar-refractivity contribution is 7.89. The summed E-state index contributed by atoms with van der Waals surface area (Å²) in [6.07, 6.45) is 0.803. The van der Waals surface area contributed by atoms with Gasteiger partial charge in [-0.1, -0.05) is 20.8 Å². The van der Waals surface area contributed by atoms with Gasteiger partial charge in [0.25, 0.3) is 10.0 Å². The van der Waals surface area contributed by atoms with Gasteiger partial charge in [0, 0.05) is 13.1 Å². The molecule has 0 amide bonds. The van der Waals surface area contributed by atoms with Gasteiger partial charge >= 0.3 is 0 Å². The number of nitrogens with zero attached hydrogens (tertiary/aromatic N) is 2. The molecule has 0 saturated carbocycles. The molecule has 0 aromatic carbocycles. The molecule has 5 nitrogen and oxygen atoms in total. The molecule has 122 valence electrons. The quantitative estimate of drug-likeness (QED) is 0.616. The van der Waals surface area contributed by atoms with E-state index in [0.717, 1.165) is 26.1 Å². The molecule has 0 aliphatic carbocycles. The summed E-state index contributed by atoms with van der Waals surface area (Å²) in [5.74, 6) is 0.637. The lowest BCUT2D eigenvalue weighted by Crippen LogP contribution is -2.34. The third-order valence-corrected chi connectivity index (χ3v) is 5.60. The smallest absolute Gasteiger partial charge is 0.276 e. The van der Waals surface area contributed by atoms with Crippen molar-refractivity contribution in [3.05, 3.63) is 17.9 Å². The van der Waals surface area contributed by atoms with Crippen molar-refractivity contribution in [2.24, 2.45) is 0 Å². The lowest BCUT2D eigenvalue weighted by atomic mass is 10.3. The van der Waals surface area contributed by atoms with E-state index in [4.69, 9.17) is 16.0 Å². The van der Waals surface area contributed by atoms with Crippen LogP contribution < -0.4 is 0 Å². The highest BCUT2D eigenvalue weighted by Crippen LogP contribution is 2.20. The first-order valence-corrected chi connectivity index (χ1v) is 9.34. The zero-order chi connectivity index (χ0) is 15.9. The monoisotopic (exact) mass is 336 g/mol. The summed E-state index contributed by atoms with van der Waals surface area (Å²) in [7, 11) is -3.56. The fraction of sp³-hybridized carbons (Fsp3) is 0.714. The molecule has 1 aromatic heterocycles. The molecule has 1 heterocycles. The maximum Gasteiger partial charge on any atom is 0.276 e. The molecule has 0 atom stereocenters. The fourth-order valence-corrected chi connectivity index (χ4v) is 3.71. The van der Waals surface area contributed by atoms with Crippen LogP contribution in [0.5, 0.6) is 0 Å². The minimum atomic E-state index is -3.56. The Kier molecular flexibility index (Phi) is 7.73. The van der Waals surface area contributed by atoms with Crippen molar-refractivity contribution in [2.45, 2.75) is 38.2 Å². The van der Waals surface area contributed by atoms with Crippen LogP contribution in [0.1, 0.15) is 33.0 Å². The van der Waals surface area contributed by atoms with Gasteiger partial charge in [0.1, 0.15) is 5.76 Å². The third kappa shape index (κ3) is 4.98. The lowest BCUT2D eigenvalue weighted by Gasteiger charge is -2.22. The largest absolute Gasteiger partial charge is 0.447 e. The number of alkyl halides is 1.